The van der Waals surface area contributed by atoms with Crippen LogP contribution in [0.1, 0.15) is 22.8 Å². The maximum Gasteiger partial charge on any atom is 0.335 e. The second kappa shape index (κ2) is 5.74. The van der Waals surface area contributed by atoms with Crippen LogP contribution in [-0.2, 0) is 6.42 Å². The smallest absolute Gasteiger partial charge is 0.335 e. The van der Waals surface area contributed by atoms with Crippen molar-refractivity contribution in [3.05, 3.63) is 59.4 Å². The molecule has 0 aromatic heterocycles. The van der Waals surface area contributed by atoms with Crippen LogP contribution in [0.15, 0.2) is 42.5 Å². The van der Waals surface area contributed by atoms with E-state index in [1.165, 1.54) is 17.7 Å². The number of hydrogen-bond acceptors (Lipinski definition) is 2. The molecule has 0 saturated carbocycles. The lowest BCUT2D eigenvalue weighted by molar-refractivity contribution is 0.0696. The van der Waals surface area contributed by atoms with Crippen LogP contribution in [0, 0.1) is 5.82 Å². The highest BCUT2D eigenvalue weighted by atomic mass is 19.1. The second-order valence-corrected chi connectivity index (χ2v) is 4.55. The maximum absolute atomic E-state index is 14.0. The summed E-state index contributed by atoms with van der Waals surface area (Å²) in [6.45, 7) is 2.07. The minimum atomic E-state index is -1.13. The van der Waals surface area contributed by atoms with Gasteiger partial charge >= 0.3 is 5.97 Å². The molecule has 0 radical (unpaired) electrons. The van der Waals surface area contributed by atoms with Crippen molar-refractivity contribution in [1.29, 1.82) is 0 Å². The largest absolute Gasteiger partial charge is 0.478 e. The van der Waals surface area contributed by atoms with Gasteiger partial charge in [0.15, 0.2) is 0 Å². The fourth-order valence-corrected chi connectivity index (χ4v) is 2.01. The molecule has 0 amide bonds. The average Bonchev–Trinajstić information content (AvgIpc) is 2.46. The van der Waals surface area contributed by atoms with Crippen LogP contribution < -0.4 is 4.90 Å². The molecule has 0 bridgehead atoms. The number of benzene rings is 2. The zero-order valence-corrected chi connectivity index (χ0v) is 11.4. The molecule has 3 nitrogen and oxygen atoms in total. The Hall–Kier alpha value is -2.36. The molecule has 0 saturated heterocycles. The number of hydrogen-bond donors (Lipinski definition) is 1. The van der Waals surface area contributed by atoms with Gasteiger partial charge in [-0.15, -0.1) is 0 Å². The van der Waals surface area contributed by atoms with Gasteiger partial charge in [0, 0.05) is 12.7 Å². The molecule has 0 unspecified atom stereocenters. The number of carboxylic acids is 1. The Labute approximate surface area is 117 Å². The molecule has 2 aromatic rings. The van der Waals surface area contributed by atoms with Crippen LogP contribution in [0.4, 0.5) is 15.8 Å². The van der Waals surface area contributed by atoms with Crippen molar-refractivity contribution >= 4 is 17.3 Å². The van der Waals surface area contributed by atoms with Gasteiger partial charge in [-0.3, -0.25) is 0 Å². The number of aryl methyl sites for hydroxylation is 1. The maximum atomic E-state index is 14.0. The molecule has 104 valence electrons. The molecular formula is C16H16FNO2. The Morgan fingerprint density at radius 3 is 2.35 bits per heavy atom. The predicted octanol–water partition coefficient (Wildman–Crippen LogP) is 3.85. The summed E-state index contributed by atoms with van der Waals surface area (Å²) in [5.41, 5.74) is 2.35. The van der Waals surface area contributed by atoms with Crippen LogP contribution in [0.2, 0.25) is 0 Å². The van der Waals surface area contributed by atoms with Crippen LogP contribution >= 0.6 is 0 Å². The van der Waals surface area contributed by atoms with E-state index < -0.39 is 11.8 Å². The molecule has 4 heteroatoms. The first-order valence-corrected chi connectivity index (χ1v) is 6.38. The van der Waals surface area contributed by atoms with E-state index >= 15 is 0 Å². The Balaban J connectivity index is 2.32. The fraction of sp³-hybridized carbons (Fsp3) is 0.188. The average molecular weight is 273 g/mol. The summed E-state index contributed by atoms with van der Waals surface area (Å²) >= 11 is 0. The molecule has 0 aliphatic heterocycles. The predicted molar refractivity (Wildman–Crippen MR) is 77.2 cm³/mol. The van der Waals surface area contributed by atoms with Crippen molar-refractivity contribution in [3.63, 3.8) is 0 Å². The van der Waals surface area contributed by atoms with E-state index in [4.69, 9.17) is 5.11 Å². The Kier molecular flexibility index (Phi) is 4.03. The number of aromatic carboxylic acids is 1. The second-order valence-electron chi connectivity index (χ2n) is 4.55. The Bertz CT molecular complexity index is 623. The lowest BCUT2D eigenvalue weighted by atomic mass is 10.1. The molecule has 0 fully saturated rings. The monoisotopic (exact) mass is 273 g/mol. The van der Waals surface area contributed by atoms with E-state index in [1.807, 2.05) is 24.3 Å². The van der Waals surface area contributed by atoms with Crippen molar-refractivity contribution in [2.75, 3.05) is 11.9 Å². The van der Waals surface area contributed by atoms with E-state index in [0.717, 1.165) is 18.2 Å². The summed E-state index contributed by atoms with van der Waals surface area (Å²) in [4.78, 5) is 12.5. The van der Waals surface area contributed by atoms with Crippen molar-refractivity contribution in [2.24, 2.45) is 0 Å². The Morgan fingerprint density at radius 2 is 1.85 bits per heavy atom. The normalized spacial score (nSPS) is 10.3. The summed E-state index contributed by atoms with van der Waals surface area (Å²) in [7, 11) is 1.75. The molecule has 0 aliphatic rings. The Morgan fingerprint density at radius 1 is 1.20 bits per heavy atom. The molecule has 2 aromatic carbocycles. The van der Waals surface area contributed by atoms with Crippen molar-refractivity contribution in [2.45, 2.75) is 13.3 Å². The van der Waals surface area contributed by atoms with Gasteiger partial charge in [-0.25, -0.2) is 9.18 Å². The lowest BCUT2D eigenvalue weighted by Gasteiger charge is -2.20. The fourth-order valence-electron chi connectivity index (χ4n) is 2.01. The SMILES string of the molecule is CCc1ccc(N(C)c2ccc(C(=O)O)cc2F)cc1. The number of carboxylic acid groups (broad SMARTS) is 1. The molecule has 0 spiro atoms. The quantitative estimate of drug-likeness (QED) is 0.919. The van der Waals surface area contributed by atoms with Crippen molar-refractivity contribution in [3.8, 4) is 0 Å². The standard InChI is InChI=1S/C16H16FNO2/c1-3-11-4-7-13(8-5-11)18(2)15-9-6-12(16(19)20)10-14(15)17/h4-10H,3H2,1-2H3,(H,19,20). The van der Waals surface area contributed by atoms with Crippen molar-refractivity contribution in [1.82, 2.24) is 0 Å². The molecule has 0 aliphatic carbocycles. The lowest BCUT2D eigenvalue weighted by Crippen LogP contribution is -2.12. The van der Waals surface area contributed by atoms with Gasteiger partial charge in [-0.05, 0) is 42.3 Å². The highest BCUT2D eigenvalue weighted by Gasteiger charge is 2.12. The molecule has 2 rings (SSSR count). The van der Waals surface area contributed by atoms with Gasteiger partial charge < -0.3 is 10.0 Å². The molecular weight excluding hydrogens is 257 g/mol. The van der Waals surface area contributed by atoms with Gasteiger partial charge in [0.05, 0.1) is 11.3 Å². The number of nitrogens with zero attached hydrogens (tertiary/aromatic N) is 1. The summed E-state index contributed by atoms with van der Waals surface area (Å²) < 4.78 is 14.0. The zero-order valence-electron chi connectivity index (χ0n) is 11.4. The highest BCUT2D eigenvalue weighted by Crippen LogP contribution is 2.27. The van der Waals surface area contributed by atoms with E-state index in [-0.39, 0.29) is 5.56 Å². The number of carbonyl (C=O) groups is 1. The topological polar surface area (TPSA) is 40.5 Å². The minimum absolute atomic E-state index is 0.0546. The summed E-state index contributed by atoms with van der Waals surface area (Å²) in [5.74, 6) is -1.68. The molecule has 20 heavy (non-hydrogen) atoms. The summed E-state index contributed by atoms with van der Waals surface area (Å²) in [6.07, 6.45) is 0.950. The van der Waals surface area contributed by atoms with Crippen LogP contribution in [-0.4, -0.2) is 18.1 Å². The van der Waals surface area contributed by atoms with Gasteiger partial charge in [0.2, 0.25) is 0 Å². The first kappa shape index (κ1) is 14.1. The van der Waals surface area contributed by atoms with Gasteiger partial charge in [-0.2, -0.15) is 0 Å². The third kappa shape index (κ3) is 2.79. The van der Waals surface area contributed by atoms with E-state index in [9.17, 15) is 9.18 Å². The third-order valence-electron chi connectivity index (χ3n) is 3.29. The van der Waals surface area contributed by atoms with E-state index in [0.29, 0.717) is 5.69 Å². The van der Waals surface area contributed by atoms with E-state index in [1.54, 1.807) is 11.9 Å². The number of anilines is 2. The number of halogens is 1. The first-order valence-electron chi connectivity index (χ1n) is 6.38. The number of rotatable bonds is 4. The van der Waals surface area contributed by atoms with Crippen LogP contribution in [0.5, 0.6) is 0 Å². The molecule has 0 heterocycles. The molecule has 1 N–H and O–H groups in total. The van der Waals surface area contributed by atoms with Gasteiger partial charge in [0.1, 0.15) is 5.82 Å². The van der Waals surface area contributed by atoms with Gasteiger partial charge in [-0.1, -0.05) is 19.1 Å². The third-order valence-corrected chi connectivity index (χ3v) is 3.29. The van der Waals surface area contributed by atoms with Crippen molar-refractivity contribution < 1.29 is 14.3 Å². The van der Waals surface area contributed by atoms with Crippen LogP contribution in [0.3, 0.4) is 0 Å². The zero-order chi connectivity index (χ0) is 14.7. The summed E-state index contributed by atoms with van der Waals surface area (Å²) in [6, 6.07) is 11.7. The van der Waals surface area contributed by atoms with Crippen LogP contribution in [0.25, 0.3) is 0 Å². The summed E-state index contributed by atoms with van der Waals surface area (Å²) in [5, 5.41) is 8.83. The first-order chi connectivity index (χ1) is 9.52. The molecule has 0 atom stereocenters. The highest BCUT2D eigenvalue weighted by molar-refractivity contribution is 5.88. The van der Waals surface area contributed by atoms with E-state index in [2.05, 4.69) is 6.92 Å². The van der Waals surface area contributed by atoms with Gasteiger partial charge in [0.25, 0.3) is 0 Å². The minimum Gasteiger partial charge on any atom is -0.478 e.